The molecule has 1 N–H and O–H groups in total. The molecule has 0 saturated carbocycles. The molecule has 1 atom stereocenters. The third kappa shape index (κ3) is 8.66. The Bertz CT molecular complexity index is 1120. The molecule has 0 aromatic heterocycles. The molecule has 198 valence electrons. The minimum atomic E-state index is -3.53. The first-order valence-corrected chi connectivity index (χ1v) is 14.5. The molecule has 0 aliphatic heterocycles. The average Bonchev–Trinajstić information content (AvgIpc) is 2.80. The number of carbonyl (C=O) groups excluding carboxylic acids is 2. The summed E-state index contributed by atoms with van der Waals surface area (Å²) in [5.41, 5.74) is 3.55. The van der Waals surface area contributed by atoms with Crippen molar-refractivity contribution in [1.29, 1.82) is 0 Å². The number of amides is 2. The van der Waals surface area contributed by atoms with E-state index in [-0.39, 0.29) is 30.8 Å². The van der Waals surface area contributed by atoms with E-state index in [1.54, 1.807) is 4.90 Å². The van der Waals surface area contributed by atoms with Gasteiger partial charge in [-0.05, 0) is 69.7 Å². The van der Waals surface area contributed by atoms with Crippen molar-refractivity contribution in [2.45, 2.75) is 72.4 Å². The van der Waals surface area contributed by atoms with Gasteiger partial charge in [0.15, 0.2) is 0 Å². The predicted octanol–water partition coefficient (Wildman–Crippen LogP) is 4.22. The molecule has 2 amide bonds. The van der Waals surface area contributed by atoms with Crippen LogP contribution in [0.2, 0.25) is 0 Å². The number of hydrogen-bond acceptors (Lipinski definition) is 4. The monoisotopic (exact) mass is 515 g/mol. The maximum Gasteiger partial charge on any atom is 0.242 e. The molecule has 0 radical (unpaired) electrons. The van der Waals surface area contributed by atoms with E-state index in [0.29, 0.717) is 31.5 Å². The first-order valence-electron chi connectivity index (χ1n) is 12.6. The summed E-state index contributed by atoms with van der Waals surface area (Å²) in [7, 11) is -3.53. The van der Waals surface area contributed by atoms with Crippen LogP contribution < -0.4 is 9.62 Å². The van der Waals surface area contributed by atoms with E-state index in [1.165, 1.54) is 10.6 Å². The number of benzene rings is 2. The smallest absolute Gasteiger partial charge is 0.242 e. The van der Waals surface area contributed by atoms with E-state index in [9.17, 15) is 18.0 Å². The standard InChI is InChI=1S/C28H41N3O4S/c1-7-25(28(33)29-21(2)3)30(19-17-24-12-9-8-10-13-24)27(32)14-11-18-31(36(6,34)35)26-20-22(4)15-16-23(26)5/h8-10,12-13,15-16,20-21,25H,7,11,14,17-19H2,1-6H3,(H,29,33)/t25-/m1/s1. The summed E-state index contributed by atoms with van der Waals surface area (Å²) in [5, 5.41) is 2.93. The van der Waals surface area contributed by atoms with Crippen LogP contribution in [-0.4, -0.2) is 56.6 Å². The molecule has 2 rings (SSSR count). The van der Waals surface area contributed by atoms with Gasteiger partial charge in [-0.2, -0.15) is 0 Å². The molecule has 0 fully saturated rings. The Labute approximate surface area is 216 Å². The first-order chi connectivity index (χ1) is 16.9. The van der Waals surface area contributed by atoms with Crippen LogP contribution in [0, 0.1) is 13.8 Å². The van der Waals surface area contributed by atoms with Crippen molar-refractivity contribution in [1.82, 2.24) is 10.2 Å². The van der Waals surface area contributed by atoms with Gasteiger partial charge in [-0.3, -0.25) is 13.9 Å². The zero-order chi connectivity index (χ0) is 26.9. The van der Waals surface area contributed by atoms with E-state index in [2.05, 4.69) is 5.32 Å². The van der Waals surface area contributed by atoms with E-state index < -0.39 is 16.1 Å². The second-order valence-corrected chi connectivity index (χ2v) is 11.5. The van der Waals surface area contributed by atoms with Crippen LogP contribution in [0.3, 0.4) is 0 Å². The van der Waals surface area contributed by atoms with Crippen molar-refractivity contribution in [3.8, 4) is 0 Å². The number of carbonyl (C=O) groups is 2. The van der Waals surface area contributed by atoms with E-state index >= 15 is 0 Å². The Morgan fingerprint density at radius 2 is 1.67 bits per heavy atom. The molecule has 0 saturated heterocycles. The zero-order valence-corrected chi connectivity index (χ0v) is 23.3. The number of hydrogen-bond donors (Lipinski definition) is 1. The number of sulfonamides is 1. The highest BCUT2D eigenvalue weighted by atomic mass is 32.2. The number of nitrogens with one attached hydrogen (secondary N) is 1. The molecule has 2 aromatic rings. The van der Waals surface area contributed by atoms with Gasteiger partial charge >= 0.3 is 0 Å². The zero-order valence-electron chi connectivity index (χ0n) is 22.5. The molecule has 8 heteroatoms. The highest BCUT2D eigenvalue weighted by Crippen LogP contribution is 2.24. The third-order valence-electron chi connectivity index (χ3n) is 6.09. The van der Waals surface area contributed by atoms with Crippen LogP contribution >= 0.6 is 0 Å². The SMILES string of the molecule is CC[C@H](C(=O)NC(C)C)N(CCc1ccccc1)C(=O)CCCN(c1cc(C)ccc1C)S(C)(=O)=O. The van der Waals surface area contributed by atoms with Gasteiger partial charge in [0.2, 0.25) is 21.8 Å². The van der Waals surface area contributed by atoms with Crippen LogP contribution in [0.4, 0.5) is 5.69 Å². The maximum absolute atomic E-state index is 13.4. The summed E-state index contributed by atoms with van der Waals surface area (Å²) in [4.78, 5) is 28.0. The minimum absolute atomic E-state index is 0.0292. The molecule has 0 bridgehead atoms. The molecule has 0 heterocycles. The average molecular weight is 516 g/mol. The summed E-state index contributed by atoms with van der Waals surface area (Å²) in [6.45, 7) is 10.1. The van der Waals surface area contributed by atoms with Gasteiger partial charge < -0.3 is 10.2 Å². The lowest BCUT2D eigenvalue weighted by atomic mass is 10.1. The molecule has 0 aliphatic rings. The summed E-state index contributed by atoms with van der Waals surface area (Å²) < 4.78 is 26.6. The van der Waals surface area contributed by atoms with Gasteiger partial charge in [0.1, 0.15) is 6.04 Å². The second-order valence-electron chi connectivity index (χ2n) is 9.64. The fourth-order valence-electron chi connectivity index (χ4n) is 4.25. The van der Waals surface area contributed by atoms with Crippen molar-refractivity contribution in [3.05, 3.63) is 65.2 Å². The number of nitrogens with zero attached hydrogens (tertiary/aromatic N) is 2. The Morgan fingerprint density at radius 1 is 1.00 bits per heavy atom. The predicted molar refractivity (Wildman–Crippen MR) is 147 cm³/mol. The molecule has 2 aromatic carbocycles. The van der Waals surface area contributed by atoms with Crippen molar-refractivity contribution in [2.75, 3.05) is 23.7 Å². The van der Waals surface area contributed by atoms with Crippen molar-refractivity contribution >= 4 is 27.5 Å². The highest BCUT2D eigenvalue weighted by molar-refractivity contribution is 7.92. The number of anilines is 1. The summed E-state index contributed by atoms with van der Waals surface area (Å²) in [6, 6.07) is 15.0. The Hall–Kier alpha value is -2.87. The number of rotatable bonds is 13. The Kier molecular flexibility index (Phi) is 11.0. The Balaban J connectivity index is 2.19. The molecule has 0 unspecified atom stereocenters. The van der Waals surface area contributed by atoms with Crippen LogP contribution in [0.1, 0.15) is 56.7 Å². The summed E-state index contributed by atoms with van der Waals surface area (Å²) in [5.74, 6) is -0.312. The molecule has 0 aliphatic carbocycles. The first kappa shape index (κ1) is 29.4. The second kappa shape index (κ2) is 13.4. The van der Waals surface area contributed by atoms with Crippen molar-refractivity contribution < 1.29 is 18.0 Å². The van der Waals surface area contributed by atoms with Gasteiger partial charge in [-0.1, -0.05) is 49.4 Å². The van der Waals surface area contributed by atoms with Gasteiger partial charge in [0.05, 0.1) is 11.9 Å². The van der Waals surface area contributed by atoms with Gasteiger partial charge in [0, 0.05) is 25.6 Å². The topological polar surface area (TPSA) is 86.8 Å². The minimum Gasteiger partial charge on any atom is -0.352 e. The maximum atomic E-state index is 13.4. The lowest BCUT2D eigenvalue weighted by molar-refractivity contribution is -0.141. The quantitative estimate of drug-likeness (QED) is 0.433. The van der Waals surface area contributed by atoms with Crippen LogP contribution in [0.5, 0.6) is 0 Å². The highest BCUT2D eigenvalue weighted by Gasteiger charge is 2.29. The fourth-order valence-corrected chi connectivity index (χ4v) is 5.26. The van der Waals surface area contributed by atoms with E-state index in [0.717, 1.165) is 16.7 Å². The normalized spacial score (nSPS) is 12.3. The van der Waals surface area contributed by atoms with Crippen molar-refractivity contribution in [2.24, 2.45) is 0 Å². The third-order valence-corrected chi connectivity index (χ3v) is 7.27. The largest absolute Gasteiger partial charge is 0.352 e. The van der Waals surface area contributed by atoms with Gasteiger partial charge in [0.25, 0.3) is 0 Å². The Morgan fingerprint density at radius 3 is 2.25 bits per heavy atom. The van der Waals surface area contributed by atoms with Gasteiger partial charge in [-0.25, -0.2) is 8.42 Å². The molecular weight excluding hydrogens is 474 g/mol. The van der Waals surface area contributed by atoms with E-state index in [4.69, 9.17) is 0 Å². The van der Waals surface area contributed by atoms with Crippen LogP contribution in [0.25, 0.3) is 0 Å². The lowest BCUT2D eigenvalue weighted by Crippen LogP contribution is -2.51. The van der Waals surface area contributed by atoms with Gasteiger partial charge in [-0.15, -0.1) is 0 Å². The van der Waals surface area contributed by atoms with Crippen LogP contribution in [0.15, 0.2) is 48.5 Å². The van der Waals surface area contributed by atoms with Crippen molar-refractivity contribution in [3.63, 3.8) is 0 Å². The molecule has 7 nitrogen and oxygen atoms in total. The van der Waals surface area contributed by atoms with E-state index in [1.807, 2.05) is 83.1 Å². The molecule has 0 spiro atoms. The number of aryl methyl sites for hydroxylation is 2. The molecular formula is C28H41N3O4S. The summed E-state index contributed by atoms with van der Waals surface area (Å²) in [6.07, 6.45) is 2.82. The lowest BCUT2D eigenvalue weighted by Gasteiger charge is -2.31. The summed E-state index contributed by atoms with van der Waals surface area (Å²) >= 11 is 0. The molecule has 36 heavy (non-hydrogen) atoms. The fraction of sp³-hybridized carbons (Fsp3) is 0.500. The van der Waals surface area contributed by atoms with Crippen LogP contribution in [-0.2, 0) is 26.0 Å².